The van der Waals surface area contributed by atoms with Gasteiger partial charge in [0.15, 0.2) is 5.65 Å². The van der Waals surface area contributed by atoms with Gasteiger partial charge in [-0.2, -0.15) is 0 Å². The average Bonchev–Trinajstić information content (AvgIpc) is 3.17. The molecule has 0 bridgehead atoms. The summed E-state index contributed by atoms with van der Waals surface area (Å²) < 4.78 is 7.55. The third kappa shape index (κ3) is 4.24. The molecule has 5 rings (SSSR count). The average molecular weight is 393 g/mol. The lowest BCUT2D eigenvalue weighted by Gasteiger charge is -2.23. The van der Waals surface area contributed by atoms with E-state index in [1.807, 2.05) is 12.3 Å². The van der Waals surface area contributed by atoms with Crippen LogP contribution in [-0.2, 0) is 11.2 Å². The molecule has 1 saturated heterocycles. The van der Waals surface area contributed by atoms with Crippen LogP contribution in [0.25, 0.3) is 16.9 Å². The molecule has 0 atom stereocenters. The Balaban J connectivity index is 1.34. The zero-order valence-electron chi connectivity index (χ0n) is 16.8. The third-order valence-electron chi connectivity index (χ3n) is 6.18. The lowest BCUT2D eigenvalue weighted by atomic mass is 9.87. The second-order valence-electron chi connectivity index (χ2n) is 8.26. The molecule has 1 aliphatic carbocycles. The molecular formula is C22H28N6O. The molecule has 1 aliphatic heterocycles. The molecule has 0 amide bonds. The van der Waals surface area contributed by atoms with E-state index in [4.69, 9.17) is 9.72 Å². The van der Waals surface area contributed by atoms with Crippen LogP contribution in [0.15, 0.2) is 30.6 Å². The monoisotopic (exact) mass is 392 g/mol. The second-order valence-corrected chi connectivity index (χ2v) is 8.26. The highest BCUT2D eigenvalue weighted by molar-refractivity contribution is 5.64. The molecule has 152 valence electrons. The number of nitrogens with one attached hydrogen (secondary N) is 1. The van der Waals surface area contributed by atoms with Gasteiger partial charge < -0.3 is 10.1 Å². The van der Waals surface area contributed by atoms with Gasteiger partial charge in [0.2, 0.25) is 5.95 Å². The summed E-state index contributed by atoms with van der Waals surface area (Å²) in [5.74, 6) is 2.49. The molecular weight excluding hydrogens is 364 g/mol. The molecule has 1 N–H and O–H groups in total. The van der Waals surface area contributed by atoms with E-state index in [-0.39, 0.29) is 0 Å². The summed E-state index contributed by atoms with van der Waals surface area (Å²) in [6, 6.07) is 6.49. The van der Waals surface area contributed by atoms with Crippen molar-refractivity contribution in [3.8, 4) is 11.3 Å². The number of aromatic nitrogens is 5. The lowest BCUT2D eigenvalue weighted by molar-refractivity contribution is 0.0903. The van der Waals surface area contributed by atoms with Crippen molar-refractivity contribution in [1.82, 2.24) is 24.6 Å². The van der Waals surface area contributed by atoms with Gasteiger partial charge in [-0.3, -0.25) is 4.40 Å². The first-order valence-electron chi connectivity index (χ1n) is 10.9. The van der Waals surface area contributed by atoms with Gasteiger partial charge in [-0.25, -0.2) is 9.97 Å². The molecule has 29 heavy (non-hydrogen) atoms. The van der Waals surface area contributed by atoms with Gasteiger partial charge in [0, 0.05) is 43.6 Å². The van der Waals surface area contributed by atoms with Crippen molar-refractivity contribution in [1.29, 1.82) is 0 Å². The molecule has 7 nitrogen and oxygen atoms in total. The van der Waals surface area contributed by atoms with E-state index in [1.54, 1.807) is 0 Å². The molecule has 0 aromatic carbocycles. The summed E-state index contributed by atoms with van der Waals surface area (Å²) in [5, 5.41) is 12.3. The van der Waals surface area contributed by atoms with Gasteiger partial charge >= 0.3 is 0 Å². The normalized spacial score (nSPS) is 18.9. The van der Waals surface area contributed by atoms with E-state index in [9.17, 15) is 0 Å². The van der Waals surface area contributed by atoms with Gasteiger partial charge in [0.1, 0.15) is 5.82 Å². The number of pyridine rings is 1. The number of hydrogen-bond donors (Lipinski definition) is 1. The van der Waals surface area contributed by atoms with Crippen molar-refractivity contribution in [3.63, 3.8) is 0 Å². The molecule has 0 spiro atoms. The van der Waals surface area contributed by atoms with Crippen LogP contribution in [0.1, 0.15) is 50.8 Å². The summed E-state index contributed by atoms with van der Waals surface area (Å²) in [5.41, 5.74) is 2.81. The molecule has 4 heterocycles. The van der Waals surface area contributed by atoms with Crippen LogP contribution in [0.5, 0.6) is 0 Å². The minimum Gasteiger partial charge on any atom is -0.381 e. The maximum absolute atomic E-state index is 5.43. The standard InChI is InChI=1S/C22H28N6O/c1-2-4-16(5-3-1)14-20-26-27-21-15-17(7-11-28(20)21)19-6-10-23-22(25-19)24-18-8-12-29-13-9-18/h6-7,10-11,15-16,18H,1-5,8-9,12-14H2,(H,23,24,25). The lowest BCUT2D eigenvalue weighted by Crippen LogP contribution is -2.28. The molecule has 0 unspecified atom stereocenters. The topological polar surface area (TPSA) is 77.2 Å². The van der Waals surface area contributed by atoms with Crippen LogP contribution in [0.3, 0.4) is 0 Å². The minimum absolute atomic E-state index is 0.375. The van der Waals surface area contributed by atoms with Crippen LogP contribution in [0, 0.1) is 5.92 Å². The molecule has 7 heteroatoms. The predicted octanol–water partition coefficient (Wildman–Crippen LogP) is 3.90. The molecule has 3 aromatic heterocycles. The van der Waals surface area contributed by atoms with Crippen molar-refractivity contribution in [2.45, 2.75) is 57.4 Å². The van der Waals surface area contributed by atoms with Gasteiger partial charge in [0.05, 0.1) is 5.69 Å². The number of fused-ring (bicyclic) bond motifs is 1. The summed E-state index contributed by atoms with van der Waals surface area (Å²) in [6.07, 6.45) is 13.6. The minimum atomic E-state index is 0.375. The molecule has 0 radical (unpaired) electrons. The Labute approximate surface area is 170 Å². The fourth-order valence-corrected chi connectivity index (χ4v) is 4.50. The number of rotatable bonds is 5. The summed E-state index contributed by atoms with van der Waals surface area (Å²) >= 11 is 0. The Kier molecular flexibility index (Phi) is 5.39. The number of anilines is 1. The predicted molar refractivity (Wildman–Crippen MR) is 112 cm³/mol. The fourth-order valence-electron chi connectivity index (χ4n) is 4.50. The summed E-state index contributed by atoms with van der Waals surface area (Å²) in [7, 11) is 0. The maximum atomic E-state index is 5.43. The van der Waals surface area contributed by atoms with Gasteiger partial charge in [-0.05, 0) is 37.0 Å². The number of hydrogen-bond acceptors (Lipinski definition) is 6. The second kappa shape index (κ2) is 8.45. The van der Waals surface area contributed by atoms with Gasteiger partial charge in [0.25, 0.3) is 0 Å². The van der Waals surface area contributed by atoms with Crippen LogP contribution in [-0.4, -0.2) is 43.8 Å². The Morgan fingerprint density at radius 3 is 2.76 bits per heavy atom. The van der Waals surface area contributed by atoms with E-state index < -0.39 is 0 Å². The Morgan fingerprint density at radius 1 is 1.03 bits per heavy atom. The van der Waals surface area contributed by atoms with Gasteiger partial charge in [-0.15, -0.1) is 10.2 Å². The zero-order chi connectivity index (χ0) is 19.5. The van der Waals surface area contributed by atoms with Crippen molar-refractivity contribution in [2.24, 2.45) is 5.92 Å². The molecule has 3 aromatic rings. The van der Waals surface area contributed by atoms with E-state index in [2.05, 4.69) is 43.2 Å². The van der Waals surface area contributed by atoms with Crippen molar-refractivity contribution in [2.75, 3.05) is 18.5 Å². The van der Waals surface area contributed by atoms with Crippen molar-refractivity contribution >= 4 is 11.6 Å². The van der Waals surface area contributed by atoms with Crippen LogP contribution >= 0.6 is 0 Å². The summed E-state index contributed by atoms with van der Waals surface area (Å²) in [6.45, 7) is 1.59. The highest BCUT2D eigenvalue weighted by Gasteiger charge is 2.18. The first-order chi connectivity index (χ1) is 14.3. The zero-order valence-corrected chi connectivity index (χ0v) is 16.8. The first kappa shape index (κ1) is 18.5. The van der Waals surface area contributed by atoms with Crippen molar-refractivity contribution < 1.29 is 4.74 Å². The highest BCUT2D eigenvalue weighted by Crippen LogP contribution is 2.27. The third-order valence-corrected chi connectivity index (χ3v) is 6.18. The molecule has 1 saturated carbocycles. The van der Waals surface area contributed by atoms with E-state index >= 15 is 0 Å². The SMILES string of the molecule is c1cc(-c2ccn3c(CC4CCCCC4)nnc3c2)nc(NC2CCOCC2)n1. The smallest absolute Gasteiger partial charge is 0.223 e. The van der Waals surface area contributed by atoms with Crippen LogP contribution in [0.4, 0.5) is 5.95 Å². The fraction of sp³-hybridized carbons (Fsp3) is 0.545. The first-order valence-corrected chi connectivity index (χ1v) is 10.9. The van der Waals surface area contributed by atoms with Crippen LogP contribution < -0.4 is 5.32 Å². The Hall–Kier alpha value is -2.54. The Bertz CT molecular complexity index is 959. The van der Waals surface area contributed by atoms with E-state index in [0.29, 0.717) is 12.0 Å². The Morgan fingerprint density at radius 2 is 1.90 bits per heavy atom. The summed E-state index contributed by atoms with van der Waals surface area (Å²) in [4.78, 5) is 9.12. The largest absolute Gasteiger partial charge is 0.381 e. The number of nitrogens with zero attached hydrogens (tertiary/aromatic N) is 5. The van der Waals surface area contributed by atoms with E-state index in [1.165, 1.54) is 32.1 Å². The molecule has 2 fully saturated rings. The van der Waals surface area contributed by atoms with E-state index in [0.717, 1.165) is 61.1 Å². The maximum Gasteiger partial charge on any atom is 0.223 e. The number of ether oxygens (including phenoxy) is 1. The highest BCUT2D eigenvalue weighted by atomic mass is 16.5. The van der Waals surface area contributed by atoms with Crippen LogP contribution in [0.2, 0.25) is 0 Å². The molecule has 2 aliphatic rings. The quantitative estimate of drug-likeness (QED) is 0.710. The van der Waals surface area contributed by atoms with Crippen molar-refractivity contribution in [3.05, 3.63) is 36.4 Å². The van der Waals surface area contributed by atoms with Gasteiger partial charge in [-0.1, -0.05) is 32.1 Å².